The maximum atomic E-state index is 11.9. The zero-order valence-corrected chi connectivity index (χ0v) is 10.8. The molecule has 2 atom stereocenters. The third-order valence-corrected chi connectivity index (χ3v) is 4.90. The predicted octanol–water partition coefficient (Wildman–Crippen LogP) is -0.372. The Hall–Kier alpha value is -0.170. The van der Waals surface area contributed by atoms with E-state index in [0.29, 0.717) is 13.1 Å². The van der Waals surface area contributed by atoms with E-state index in [1.54, 1.807) is 0 Å². The van der Waals surface area contributed by atoms with Crippen LogP contribution in [-0.2, 0) is 10.0 Å². The molecule has 2 N–H and O–H groups in total. The highest BCUT2D eigenvalue weighted by molar-refractivity contribution is 7.89. The summed E-state index contributed by atoms with van der Waals surface area (Å²) < 4.78 is 25.2. The molecule has 0 aromatic rings. The van der Waals surface area contributed by atoms with Gasteiger partial charge in [0.15, 0.2) is 0 Å². The molecule has 0 aromatic carbocycles. The number of hydrogen-bond donors (Lipinski definition) is 2. The monoisotopic (exact) mass is 250 g/mol. The summed E-state index contributed by atoms with van der Waals surface area (Å²) in [6.45, 7) is 5.92. The maximum absolute atomic E-state index is 11.9. The summed E-state index contributed by atoms with van der Waals surface area (Å²) in [6.07, 6.45) is 0.212. The molecule has 0 saturated carbocycles. The first-order chi connectivity index (χ1) is 7.47. The highest BCUT2D eigenvalue weighted by Gasteiger charge is 2.31. The number of nitrogens with one attached hydrogen (secondary N) is 1. The first-order valence-electron chi connectivity index (χ1n) is 5.84. The van der Waals surface area contributed by atoms with E-state index in [0.717, 1.165) is 13.0 Å². The fraction of sp³-hybridized carbons (Fsp3) is 1.00. The Balaban J connectivity index is 2.49. The van der Waals surface area contributed by atoms with Crippen LogP contribution in [0.3, 0.4) is 0 Å². The van der Waals surface area contributed by atoms with Gasteiger partial charge in [0, 0.05) is 19.6 Å². The molecule has 1 aliphatic heterocycles. The fourth-order valence-corrected chi connectivity index (χ4v) is 3.20. The number of β-amino-alcohol motifs (C(OH)–C–C–N with tert-alkyl or cyclic N) is 1. The van der Waals surface area contributed by atoms with Gasteiger partial charge in [-0.05, 0) is 18.9 Å². The Bertz CT molecular complexity index is 305. The van der Waals surface area contributed by atoms with Crippen molar-refractivity contribution in [2.45, 2.75) is 26.4 Å². The lowest BCUT2D eigenvalue weighted by molar-refractivity contribution is 0.0605. The van der Waals surface area contributed by atoms with Crippen molar-refractivity contribution in [3.8, 4) is 0 Å². The second kappa shape index (κ2) is 5.95. The van der Waals surface area contributed by atoms with E-state index in [1.807, 2.05) is 13.8 Å². The van der Waals surface area contributed by atoms with Crippen LogP contribution < -0.4 is 5.32 Å². The summed E-state index contributed by atoms with van der Waals surface area (Å²) in [5, 5.41) is 12.7. The molecule has 0 amide bonds. The first-order valence-corrected chi connectivity index (χ1v) is 7.45. The lowest BCUT2D eigenvalue weighted by atomic mass is 9.98. The lowest BCUT2D eigenvalue weighted by Gasteiger charge is -2.33. The number of nitrogens with zero attached hydrogens (tertiary/aromatic N) is 1. The van der Waals surface area contributed by atoms with Gasteiger partial charge in [-0.25, -0.2) is 8.42 Å². The molecule has 6 heteroatoms. The van der Waals surface area contributed by atoms with Crippen molar-refractivity contribution in [3.05, 3.63) is 0 Å². The molecule has 0 aromatic heterocycles. The summed E-state index contributed by atoms with van der Waals surface area (Å²) in [4.78, 5) is 0. The minimum absolute atomic E-state index is 0.113. The van der Waals surface area contributed by atoms with Crippen LogP contribution in [0.1, 0.15) is 20.3 Å². The van der Waals surface area contributed by atoms with Crippen LogP contribution in [0.5, 0.6) is 0 Å². The Labute approximate surface area is 97.9 Å². The van der Waals surface area contributed by atoms with E-state index in [4.69, 9.17) is 0 Å². The number of aliphatic hydroxyl groups excluding tert-OH is 1. The minimum Gasteiger partial charge on any atom is -0.391 e. The molecule has 5 nitrogen and oxygen atoms in total. The van der Waals surface area contributed by atoms with Crippen LogP contribution in [0.4, 0.5) is 0 Å². The van der Waals surface area contributed by atoms with Crippen LogP contribution in [0.15, 0.2) is 0 Å². The fourth-order valence-electron chi connectivity index (χ4n) is 1.78. The van der Waals surface area contributed by atoms with Gasteiger partial charge in [-0.1, -0.05) is 13.8 Å². The topological polar surface area (TPSA) is 69.6 Å². The molecular formula is C10H22N2O3S. The smallest absolute Gasteiger partial charge is 0.215 e. The molecule has 96 valence electrons. The molecule has 2 unspecified atom stereocenters. The highest BCUT2D eigenvalue weighted by atomic mass is 32.2. The molecule has 1 heterocycles. The Kier molecular flexibility index (Phi) is 5.17. The normalized spacial score (nSPS) is 28.2. The molecule has 1 aliphatic rings. The largest absolute Gasteiger partial charge is 0.391 e. The average molecular weight is 250 g/mol. The number of sulfonamides is 1. The maximum Gasteiger partial charge on any atom is 0.215 e. The van der Waals surface area contributed by atoms with Crippen LogP contribution in [0, 0.1) is 5.92 Å². The van der Waals surface area contributed by atoms with Gasteiger partial charge in [0.2, 0.25) is 10.0 Å². The lowest BCUT2D eigenvalue weighted by Crippen LogP contribution is -2.47. The average Bonchev–Trinajstić information content (AvgIpc) is 2.22. The Morgan fingerprint density at radius 2 is 2.19 bits per heavy atom. The van der Waals surface area contributed by atoms with Gasteiger partial charge in [0.05, 0.1) is 11.9 Å². The Morgan fingerprint density at radius 1 is 1.50 bits per heavy atom. The van der Waals surface area contributed by atoms with E-state index < -0.39 is 16.1 Å². The third kappa shape index (κ3) is 3.69. The van der Waals surface area contributed by atoms with Gasteiger partial charge < -0.3 is 10.4 Å². The van der Waals surface area contributed by atoms with Crippen LogP contribution in [0.25, 0.3) is 0 Å². The number of piperidine rings is 1. The predicted molar refractivity (Wildman–Crippen MR) is 63.7 cm³/mol. The molecular weight excluding hydrogens is 228 g/mol. The summed E-state index contributed by atoms with van der Waals surface area (Å²) in [5.41, 5.74) is 0. The van der Waals surface area contributed by atoms with E-state index in [-0.39, 0.29) is 18.2 Å². The SMILES string of the molecule is CCNCCS(=O)(=O)N1CCC(C)C(O)C1. The Morgan fingerprint density at radius 3 is 2.75 bits per heavy atom. The van der Waals surface area contributed by atoms with Gasteiger partial charge >= 0.3 is 0 Å². The highest BCUT2D eigenvalue weighted by Crippen LogP contribution is 2.19. The van der Waals surface area contributed by atoms with Crippen molar-refractivity contribution in [1.29, 1.82) is 0 Å². The van der Waals surface area contributed by atoms with Crippen molar-refractivity contribution in [2.24, 2.45) is 5.92 Å². The van der Waals surface area contributed by atoms with E-state index >= 15 is 0 Å². The molecule has 0 radical (unpaired) electrons. The van der Waals surface area contributed by atoms with Gasteiger partial charge in [-0.3, -0.25) is 0 Å². The van der Waals surface area contributed by atoms with Crippen molar-refractivity contribution in [2.75, 3.05) is 31.9 Å². The van der Waals surface area contributed by atoms with Crippen molar-refractivity contribution < 1.29 is 13.5 Å². The van der Waals surface area contributed by atoms with Crippen molar-refractivity contribution >= 4 is 10.0 Å². The van der Waals surface area contributed by atoms with Gasteiger partial charge in [-0.2, -0.15) is 4.31 Å². The summed E-state index contributed by atoms with van der Waals surface area (Å²) in [7, 11) is -3.20. The first kappa shape index (κ1) is 13.9. The zero-order valence-electron chi connectivity index (χ0n) is 10.0. The zero-order chi connectivity index (χ0) is 12.2. The van der Waals surface area contributed by atoms with Crippen molar-refractivity contribution in [3.63, 3.8) is 0 Å². The second-order valence-electron chi connectivity index (χ2n) is 4.36. The molecule has 0 aliphatic carbocycles. The molecule has 0 spiro atoms. The molecule has 1 fully saturated rings. The molecule has 16 heavy (non-hydrogen) atoms. The third-order valence-electron chi connectivity index (χ3n) is 3.06. The molecule has 1 saturated heterocycles. The van der Waals surface area contributed by atoms with E-state index in [1.165, 1.54) is 4.31 Å². The standard InChI is InChI=1S/C10H22N2O3S/c1-3-11-5-7-16(14,15)12-6-4-9(2)10(13)8-12/h9-11,13H,3-8H2,1-2H3. The number of hydrogen-bond acceptors (Lipinski definition) is 4. The minimum atomic E-state index is -3.20. The van der Waals surface area contributed by atoms with Gasteiger partial charge in [0.1, 0.15) is 0 Å². The summed E-state index contributed by atoms with van der Waals surface area (Å²) in [6, 6.07) is 0. The summed E-state index contributed by atoms with van der Waals surface area (Å²) in [5.74, 6) is 0.308. The van der Waals surface area contributed by atoms with Crippen LogP contribution >= 0.6 is 0 Å². The van der Waals surface area contributed by atoms with Gasteiger partial charge in [-0.15, -0.1) is 0 Å². The molecule has 0 bridgehead atoms. The van der Waals surface area contributed by atoms with E-state index in [9.17, 15) is 13.5 Å². The number of aliphatic hydroxyl groups is 1. The second-order valence-corrected chi connectivity index (χ2v) is 6.45. The van der Waals surface area contributed by atoms with Crippen LogP contribution in [0.2, 0.25) is 0 Å². The van der Waals surface area contributed by atoms with E-state index in [2.05, 4.69) is 5.32 Å². The van der Waals surface area contributed by atoms with Crippen molar-refractivity contribution in [1.82, 2.24) is 9.62 Å². The van der Waals surface area contributed by atoms with Gasteiger partial charge in [0.25, 0.3) is 0 Å². The number of rotatable bonds is 5. The van der Waals surface area contributed by atoms with Crippen LogP contribution in [-0.4, -0.2) is 55.9 Å². The summed E-state index contributed by atoms with van der Waals surface area (Å²) >= 11 is 0. The quantitative estimate of drug-likeness (QED) is 0.653. The molecule has 1 rings (SSSR count).